The third kappa shape index (κ3) is 3.30. The summed E-state index contributed by atoms with van der Waals surface area (Å²) in [5.41, 5.74) is 1.67. The van der Waals surface area contributed by atoms with Gasteiger partial charge < -0.3 is 4.74 Å². The van der Waals surface area contributed by atoms with Gasteiger partial charge in [0.15, 0.2) is 0 Å². The molecule has 2 rings (SSSR count). The van der Waals surface area contributed by atoms with E-state index in [1.807, 2.05) is 24.3 Å². The smallest absolute Gasteiger partial charge is 0.126 e. The standard InChI is InChI=1S/C14H12BrFO/c1-10-8-13(6-7-14(10)16)17-9-11-2-4-12(15)5-3-11/h2-8H,9H2,1H3. The maximum Gasteiger partial charge on any atom is 0.126 e. The molecule has 0 aliphatic rings. The van der Waals surface area contributed by atoms with Gasteiger partial charge >= 0.3 is 0 Å². The molecule has 0 saturated heterocycles. The van der Waals surface area contributed by atoms with Gasteiger partial charge in [-0.15, -0.1) is 0 Å². The van der Waals surface area contributed by atoms with Gasteiger partial charge in [0.25, 0.3) is 0 Å². The first-order valence-corrected chi connectivity index (χ1v) is 6.08. The first-order valence-electron chi connectivity index (χ1n) is 5.28. The van der Waals surface area contributed by atoms with E-state index in [2.05, 4.69) is 15.9 Å². The van der Waals surface area contributed by atoms with Crippen molar-refractivity contribution in [2.45, 2.75) is 13.5 Å². The van der Waals surface area contributed by atoms with Gasteiger partial charge in [0.2, 0.25) is 0 Å². The average Bonchev–Trinajstić information content (AvgIpc) is 2.33. The molecule has 3 heteroatoms. The fourth-order valence-corrected chi connectivity index (χ4v) is 1.72. The van der Waals surface area contributed by atoms with E-state index in [0.717, 1.165) is 10.0 Å². The van der Waals surface area contributed by atoms with E-state index in [4.69, 9.17) is 4.74 Å². The number of hydrogen-bond acceptors (Lipinski definition) is 1. The summed E-state index contributed by atoms with van der Waals surface area (Å²) in [6, 6.07) is 12.7. The van der Waals surface area contributed by atoms with Crippen molar-refractivity contribution in [3.05, 3.63) is 63.9 Å². The van der Waals surface area contributed by atoms with Gasteiger partial charge in [0.1, 0.15) is 18.2 Å². The van der Waals surface area contributed by atoms with Crippen LogP contribution in [0.25, 0.3) is 0 Å². The average molecular weight is 295 g/mol. The van der Waals surface area contributed by atoms with Crippen LogP contribution in [0.2, 0.25) is 0 Å². The third-order valence-corrected chi connectivity index (χ3v) is 2.98. The van der Waals surface area contributed by atoms with Crippen molar-refractivity contribution in [2.75, 3.05) is 0 Å². The van der Waals surface area contributed by atoms with E-state index in [1.165, 1.54) is 6.07 Å². The number of benzene rings is 2. The van der Waals surface area contributed by atoms with Crippen LogP contribution in [0.5, 0.6) is 5.75 Å². The van der Waals surface area contributed by atoms with E-state index in [0.29, 0.717) is 17.9 Å². The van der Waals surface area contributed by atoms with E-state index < -0.39 is 0 Å². The molecule has 0 saturated carbocycles. The monoisotopic (exact) mass is 294 g/mol. The van der Waals surface area contributed by atoms with Gasteiger partial charge in [-0.05, 0) is 48.4 Å². The second-order valence-corrected chi connectivity index (χ2v) is 4.74. The Balaban J connectivity index is 2.02. The predicted molar refractivity (Wildman–Crippen MR) is 69.6 cm³/mol. The molecular formula is C14H12BrFO. The molecule has 0 bridgehead atoms. The fraction of sp³-hybridized carbons (Fsp3) is 0.143. The zero-order valence-corrected chi connectivity index (χ0v) is 11.0. The number of aryl methyl sites for hydroxylation is 1. The van der Waals surface area contributed by atoms with E-state index >= 15 is 0 Å². The third-order valence-electron chi connectivity index (χ3n) is 2.45. The van der Waals surface area contributed by atoms with Gasteiger partial charge in [-0.1, -0.05) is 28.1 Å². The van der Waals surface area contributed by atoms with Crippen LogP contribution >= 0.6 is 15.9 Å². The Morgan fingerprint density at radius 2 is 1.82 bits per heavy atom. The molecule has 0 unspecified atom stereocenters. The lowest BCUT2D eigenvalue weighted by Gasteiger charge is -2.07. The van der Waals surface area contributed by atoms with Crippen molar-refractivity contribution in [3.63, 3.8) is 0 Å². The van der Waals surface area contributed by atoms with Gasteiger partial charge in [0.05, 0.1) is 0 Å². The molecule has 0 radical (unpaired) electrons. The van der Waals surface area contributed by atoms with Crippen molar-refractivity contribution in [1.29, 1.82) is 0 Å². The summed E-state index contributed by atoms with van der Waals surface area (Å²) in [6.45, 7) is 2.21. The van der Waals surface area contributed by atoms with Crippen LogP contribution in [0.3, 0.4) is 0 Å². The zero-order valence-electron chi connectivity index (χ0n) is 9.41. The summed E-state index contributed by atoms with van der Waals surface area (Å²) in [5.74, 6) is 0.479. The first-order chi connectivity index (χ1) is 8.15. The Hall–Kier alpha value is -1.35. The number of rotatable bonds is 3. The summed E-state index contributed by atoms with van der Waals surface area (Å²) in [4.78, 5) is 0. The van der Waals surface area contributed by atoms with Crippen molar-refractivity contribution in [2.24, 2.45) is 0 Å². The van der Waals surface area contributed by atoms with Crippen molar-refractivity contribution in [1.82, 2.24) is 0 Å². The molecule has 0 spiro atoms. The van der Waals surface area contributed by atoms with E-state index in [9.17, 15) is 4.39 Å². The quantitative estimate of drug-likeness (QED) is 0.811. The SMILES string of the molecule is Cc1cc(OCc2ccc(Br)cc2)ccc1F. The van der Waals surface area contributed by atoms with Crippen molar-refractivity contribution < 1.29 is 9.13 Å². The minimum atomic E-state index is -0.207. The fourth-order valence-electron chi connectivity index (χ4n) is 1.45. The Morgan fingerprint density at radius 1 is 1.12 bits per heavy atom. The van der Waals surface area contributed by atoms with Crippen LogP contribution in [0.1, 0.15) is 11.1 Å². The molecule has 0 aliphatic carbocycles. The molecule has 0 N–H and O–H groups in total. The summed E-state index contributed by atoms with van der Waals surface area (Å²) in [5, 5.41) is 0. The van der Waals surface area contributed by atoms with Gasteiger partial charge in [-0.2, -0.15) is 0 Å². The number of halogens is 2. The van der Waals surface area contributed by atoms with E-state index in [-0.39, 0.29) is 5.82 Å². The van der Waals surface area contributed by atoms with Crippen LogP contribution in [0, 0.1) is 12.7 Å². The second-order valence-electron chi connectivity index (χ2n) is 3.83. The second kappa shape index (κ2) is 5.32. The number of ether oxygens (including phenoxy) is 1. The highest BCUT2D eigenvalue weighted by atomic mass is 79.9. The molecule has 17 heavy (non-hydrogen) atoms. The topological polar surface area (TPSA) is 9.23 Å². The first kappa shape index (κ1) is 12.1. The molecule has 0 atom stereocenters. The maximum atomic E-state index is 13.0. The molecule has 2 aromatic rings. The van der Waals surface area contributed by atoms with E-state index in [1.54, 1.807) is 19.1 Å². The summed E-state index contributed by atoms with van der Waals surface area (Å²) >= 11 is 3.38. The minimum Gasteiger partial charge on any atom is -0.489 e. The molecule has 0 aliphatic heterocycles. The molecule has 0 aromatic heterocycles. The Morgan fingerprint density at radius 3 is 2.47 bits per heavy atom. The van der Waals surface area contributed by atoms with Crippen molar-refractivity contribution in [3.8, 4) is 5.75 Å². The van der Waals surface area contributed by atoms with Gasteiger partial charge in [0, 0.05) is 4.47 Å². The molecule has 0 heterocycles. The van der Waals surface area contributed by atoms with Crippen LogP contribution in [-0.4, -0.2) is 0 Å². The van der Waals surface area contributed by atoms with Gasteiger partial charge in [-0.25, -0.2) is 4.39 Å². The molecular weight excluding hydrogens is 283 g/mol. The Kier molecular flexibility index (Phi) is 3.79. The van der Waals surface area contributed by atoms with Gasteiger partial charge in [-0.3, -0.25) is 0 Å². The normalized spacial score (nSPS) is 10.3. The van der Waals surface area contributed by atoms with Crippen LogP contribution in [-0.2, 0) is 6.61 Å². The summed E-state index contributed by atoms with van der Waals surface area (Å²) < 4.78 is 19.7. The Labute approximate surface area is 108 Å². The van der Waals surface area contributed by atoms with Crippen LogP contribution < -0.4 is 4.74 Å². The minimum absolute atomic E-state index is 0.207. The van der Waals surface area contributed by atoms with Crippen LogP contribution in [0.15, 0.2) is 46.9 Å². The highest BCUT2D eigenvalue weighted by Gasteiger charge is 2.00. The predicted octanol–water partition coefficient (Wildman–Crippen LogP) is 4.48. The molecule has 0 amide bonds. The summed E-state index contributed by atoms with van der Waals surface area (Å²) in [6.07, 6.45) is 0. The molecule has 0 fully saturated rings. The highest BCUT2D eigenvalue weighted by molar-refractivity contribution is 9.10. The zero-order chi connectivity index (χ0) is 12.3. The molecule has 2 aromatic carbocycles. The maximum absolute atomic E-state index is 13.0. The Bertz CT molecular complexity index is 508. The summed E-state index contributed by atoms with van der Waals surface area (Å²) in [7, 11) is 0. The number of hydrogen-bond donors (Lipinski definition) is 0. The largest absolute Gasteiger partial charge is 0.489 e. The van der Waals surface area contributed by atoms with Crippen LogP contribution in [0.4, 0.5) is 4.39 Å². The molecule has 1 nitrogen and oxygen atoms in total. The lowest BCUT2D eigenvalue weighted by molar-refractivity contribution is 0.305. The molecule has 88 valence electrons. The lowest BCUT2D eigenvalue weighted by atomic mass is 10.2. The highest BCUT2D eigenvalue weighted by Crippen LogP contribution is 2.18. The lowest BCUT2D eigenvalue weighted by Crippen LogP contribution is -1.96. The van der Waals surface area contributed by atoms with Crippen molar-refractivity contribution >= 4 is 15.9 Å².